The third-order valence-electron chi connectivity index (χ3n) is 3.93. The van der Waals surface area contributed by atoms with Crippen molar-refractivity contribution in [3.05, 3.63) is 69.8 Å². The van der Waals surface area contributed by atoms with Gasteiger partial charge in [0.2, 0.25) is 0 Å². The number of hydrogen-bond acceptors (Lipinski definition) is 3. The van der Waals surface area contributed by atoms with Crippen LogP contribution in [-0.2, 0) is 6.18 Å². The highest BCUT2D eigenvalue weighted by Crippen LogP contribution is 2.32. The number of halogens is 4. The Bertz CT molecular complexity index is 1010. The van der Waals surface area contributed by atoms with E-state index in [0.29, 0.717) is 23.1 Å². The van der Waals surface area contributed by atoms with Crippen LogP contribution < -0.4 is 5.56 Å². The zero-order valence-electron chi connectivity index (χ0n) is 13.8. The number of nitrogens with zero attached hydrogens (tertiary/aromatic N) is 3. The minimum Gasteiger partial charge on any atom is -0.311 e. The molecule has 5 nitrogen and oxygen atoms in total. The summed E-state index contributed by atoms with van der Waals surface area (Å²) in [6, 6.07) is 3.06. The van der Waals surface area contributed by atoms with E-state index in [1.807, 2.05) is 0 Å². The molecule has 1 aromatic carbocycles. The Morgan fingerprint density at radius 1 is 1.23 bits per heavy atom. The van der Waals surface area contributed by atoms with E-state index in [2.05, 4.69) is 15.1 Å². The first-order valence-electron chi connectivity index (χ1n) is 7.64. The molecule has 1 N–H and O–H groups in total. The summed E-state index contributed by atoms with van der Waals surface area (Å²) in [4.78, 5) is 18.3. The molecule has 0 spiro atoms. The molecule has 136 valence electrons. The Balaban J connectivity index is 1.93. The zero-order valence-corrected chi connectivity index (χ0v) is 13.8. The third kappa shape index (κ3) is 3.51. The molecule has 2 aromatic heterocycles. The lowest BCUT2D eigenvalue weighted by Gasteiger charge is -2.15. The molecule has 2 heterocycles. The van der Waals surface area contributed by atoms with Crippen LogP contribution in [0.15, 0.2) is 41.5 Å². The van der Waals surface area contributed by atoms with Crippen LogP contribution in [-0.4, -0.2) is 19.7 Å². The predicted molar refractivity (Wildman–Crippen MR) is 86.0 cm³/mol. The van der Waals surface area contributed by atoms with Gasteiger partial charge in [-0.05, 0) is 26.0 Å². The van der Waals surface area contributed by atoms with Gasteiger partial charge in [0.05, 0.1) is 23.5 Å². The molecule has 0 saturated heterocycles. The highest BCUT2D eigenvalue weighted by molar-refractivity contribution is 5.56. The number of aryl methyl sites for hydroxylation is 1. The number of benzene rings is 1. The molecule has 1 atom stereocenters. The molecule has 26 heavy (non-hydrogen) atoms. The van der Waals surface area contributed by atoms with Gasteiger partial charge in [0.15, 0.2) is 0 Å². The van der Waals surface area contributed by atoms with Crippen LogP contribution in [0.4, 0.5) is 17.6 Å². The number of aromatic amines is 1. The fraction of sp³-hybridized carbons (Fsp3) is 0.235. The monoisotopic (exact) mass is 366 g/mol. The second-order valence-corrected chi connectivity index (χ2v) is 5.84. The summed E-state index contributed by atoms with van der Waals surface area (Å²) in [5, 5.41) is 4.12. The van der Waals surface area contributed by atoms with Gasteiger partial charge in [-0.15, -0.1) is 0 Å². The van der Waals surface area contributed by atoms with Crippen LogP contribution in [0.25, 0.3) is 11.3 Å². The summed E-state index contributed by atoms with van der Waals surface area (Å²) in [6.07, 6.45) is -1.59. The largest absolute Gasteiger partial charge is 0.416 e. The first-order chi connectivity index (χ1) is 12.1. The van der Waals surface area contributed by atoms with Crippen LogP contribution in [0.5, 0.6) is 0 Å². The molecule has 0 aliphatic heterocycles. The molecule has 0 bridgehead atoms. The smallest absolute Gasteiger partial charge is 0.311 e. The molecular formula is C17H14F4N4O. The SMILES string of the molecule is Cc1nc(-c2cnn([C@@H](C)c3ccc(C(F)(F)F)cc3F)c2)cc(=O)[nH]1. The van der Waals surface area contributed by atoms with Gasteiger partial charge >= 0.3 is 6.18 Å². The van der Waals surface area contributed by atoms with Crippen molar-refractivity contribution in [3.63, 3.8) is 0 Å². The van der Waals surface area contributed by atoms with Crippen LogP contribution in [0.3, 0.4) is 0 Å². The minimum atomic E-state index is -4.61. The molecule has 0 amide bonds. The molecule has 0 aliphatic rings. The first kappa shape index (κ1) is 17.8. The van der Waals surface area contributed by atoms with E-state index in [1.165, 1.54) is 16.9 Å². The van der Waals surface area contributed by atoms with E-state index >= 15 is 0 Å². The molecule has 0 aliphatic carbocycles. The maximum atomic E-state index is 14.2. The lowest BCUT2D eigenvalue weighted by atomic mass is 10.0. The average molecular weight is 366 g/mol. The van der Waals surface area contributed by atoms with E-state index in [-0.39, 0.29) is 11.1 Å². The van der Waals surface area contributed by atoms with Gasteiger partial charge in [-0.2, -0.15) is 18.3 Å². The van der Waals surface area contributed by atoms with E-state index < -0.39 is 23.6 Å². The van der Waals surface area contributed by atoms with Crippen LogP contribution >= 0.6 is 0 Å². The molecule has 0 unspecified atom stereocenters. The van der Waals surface area contributed by atoms with E-state index in [9.17, 15) is 22.4 Å². The number of rotatable bonds is 3. The van der Waals surface area contributed by atoms with Crippen molar-refractivity contribution in [2.45, 2.75) is 26.1 Å². The van der Waals surface area contributed by atoms with Crippen molar-refractivity contribution in [1.29, 1.82) is 0 Å². The first-order valence-corrected chi connectivity index (χ1v) is 7.64. The third-order valence-corrected chi connectivity index (χ3v) is 3.93. The van der Waals surface area contributed by atoms with Crippen LogP contribution in [0.1, 0.15) is 29.9 Å². The molecule has 3 rings (SSSR count). The second-order valence-electron chi connectivity index (χ2n) is 5.84. The van der Waals surface area contributed by atoms with Crippen LogP contribution in [0, 0.1) is 12.7 Å². The van der Waals surface area contributed by atoms with Gasteiger partial charge in [-0.1, -0.05) is 6.07 Å². The molecule has 9 heteroatoms. The van der Waals surface area contributed by atoms with E-state index in [4.69, 9.17) is 0 Å². The fourth-order valence-corrected chi connectivity index (χ4v) is 2.59. The van der Waals surface area contributed by atoms with Crippen molar-refractivity contribution in [1.82, 2.24) is 19.7 Å². The highest BCUT2D eigenvalue weighted by Gasteiger charge is 2.31. The normalized spacial score (nSPS) is 13.0. The van der Waals surface area contributed by atoms with E-state index in [0.717, 1.165) is 12.1 Å². The Morgan fingerprint density at radius 3 is 2.58 bits per heavy atom. The Labute approximate surface area is 145 Å². The molecule has 3 aromatic rings. The average Bonchev–Trinajstić information content (AvgIpc) is 3.02. The number of aromatic nitrogens is 4. The summed E-state index contributed by atoms with van der Waals surface area (Å²) in [7, 11) is 0. The minimum absolute atomic E-state index is 0.0719. The van der Waals surface area contributed by atoms with Gasteiger partial charge in [-0.25, -0.2) is 9.37 Å². The van der Waals surface area contributed by atoms with Crippen molar-refractivity contribution in [2.24, 2.45) is 0 Å². The van der Waals surface area contributed by atoms with Gasteiger partial charge in [0, 0.05) is 23.4 Å². The van der Waals surface area contributed by atoms with Crippen molar-refractivity contribution < 1.29 is 17.6 Å². The standard InChI is InChI=1S/C17H14F4N4O/c1-9(13-4-3-12(5-14(13)18)17(19,20)21)25-8-11(7-22-25)15-6-16(26)24-10(2)23-15/h3-9H,1-2H3,(H,23,24,26)/t9-/m0/s1. The predicted octanol–water partition coefficient (Wildman–Crippen LogP) is 3.71. The number of alkyl halides is 3. The topological polar surface area (TPSA) is 63.6 Å². The number of nitrogens with one attached hydrogen (secondary N) is 1. The van der Waals surface area contributed by atoms with Gasteiger partial charge in [0.25, 0.3) is 5.56 Å². The summed E-state index contributed by atoms with van der Waals surface area (Å²) in [5.41, 5.74) is -0.351. The molecular weight excluding hydrogens is 352 g/mol. The molecule has 0 fully saturated rings. The molecule has 0 radical (unpaired) electrons. The Morgan fingerprint density at radius 2 is 1.96 bits per heavy atom. The highest BCUT2D eigenvalue weighted by atomic mass is 19.4. The lowest BCUT2D eigenvalue weighted by molar-refractivity contribution is -0.137. The lowest BCUT2D eigenvalue weighted by Crippen LogP contribution is -2.11. The summed E-state index contributed by atoms with van der Waals surface area (Å²) < 4.78 is 53.5. The van der Waals surface area contributed by atoms with E-state index in [1.54, 1.807) is 20.0 Å². The maximum Gasteiger partial charge on any atom is 0.416 e. The summed E-state index contributed by atoms with van der Waals surface area (Å²) >= 11 is 0. The summed E-state index contributed by atoms with van der Waals surface area (Å²) in [5.74, 6) is -0.531. The van der Waals surface area contributed by atoms with Crippen LogP contribution in [0.2, 0.25) is 0 Å². The summed E-state index contributed by atoms with van der Waals surface area (Å²) in [6.45, 7) is 3.24. The van der Waals surface area contributed by atoms with Gasteiger partial charge < -0.3 is 4.98 Å². The molecule has 0 saturated carbocycles. The quantitative estimate of drug-likeness (QED) is 0.719. The van der Waals surface area contributed by atoms with Crippen molar-refractivity contribution in [3.8, 4) is 11.3 Å². The van der Waals surface area contributed by atoms with Crippen molar-refractivity contribution in [2.75, 3.05) is 0 Å². The van der Waals surface area contributed by atoms with Gasteiger partial charge in [-0.3, -0.25) is 9.48 Å². The fourth-order valence-electron chi connectivity index (χ4n) is 2.59. The van der Waals surface area contributed by atoms with Gasteiger partial charge in [0.1, 0.15) is 11.6 Å². The zero-order chi connectivity index (χ0) is 19.1. The number of hydrogen-bond donors (Lipinski definition) is 1. The maximum absolute atomic E-state index is 14.2. The second kappa shape index (κ2) is 6.40. The number of H-pyrrole nitrogens is 1. The Kier molecular flexibility index (Phi) is 4.39. The van der Waals surface area contributed by atoms with Crippen molar-refractivity contribution >= 4 is 0 Å². The Hall–Kier alpha value is -2.97.